The first-order valence-corrected chi connectivity index (χ1v) is 8.20. The molecule has 0 saturated heterocycles. The molecule has 0 aromatic heterocycles. The monoisotopic (exact) mass is 309 g/mol. The topological polar surface area (TPSA) is 71.1 Å². The number of nitrogens with two attached hydrogens (primary N) is 1. The number of ether oxygens (including phenoxy) is 1. The fraction of sp³-hybridized carbons (Fsp3) is 0.533. The SMILES string of the molecule is CCSc1cccc(N(CCOC)C2CC2)c1/C(N)=N/O. The Hall–Kier alpha value is -1.40. The summed E-state index contributed by atoms with van der Waals surface area (Å²) in [7, 11) is 1.71. The molecule has 1 fully saturated rings. The van der Waals surface area contributed by atoms with E-state index in [2.05, 4.69) is 17.0 Å². The van der Waals surface area contributed by atoms with Gasteiger partial charge < -0.3 is 20.6 Å². The van der Waals surface area contributed by atoms with Crippen LogP contribution in [0.2, 0.25) is 0 Å². The van der Waals surface area contributed by atoms with E-state index in [-0.39, 0.29) is 5.84 Å². The molecule has 0 radical (unpaired) electrons. The molecule has 21 heavy (non-hydrogen) atoms. The van der Waals surface area contributed by atoms with Gasteiger partial charge in [-0.1, -0.05) is 18.1 Å². The number of rotatable bonds is 8. The van der Waals surface area contributed by atoms with Gasteiger partial charge in [-0.15, -0.1) is 11.8 Å². The van der Waals surface area contributed by atoms with Gasteiger partial charge in [-0.2, -0.15) is 0 Å². The third-order valence-electron chi connectivity index (χ3n) is 3.50. The van der Waals surface area contributed by atoms with Gasteiger partial charge in [0.25, 0.3) is 0 Å². The molecule has 3 N–H and O–H groups in total. The van der Waals surface area contributed by atoms with Crippen molar-refractivity contribution in [3.8, 4) is 0 Å². The van der Waals surface area contributed by atoms with Gasteiger partial charge in [0.2, 0.25) is 0 Å². The molecular formula is C15H23N3O2S. The number of hydrogen-bond acceptors (Lipinski definition) is 5. The predicted octanol–water partition coefficient (Wildman–Crippen LogP) is 2.51. The summed E-state index contributed by atoms with van der Waals surface area (Å²) in [5.41, 5.74) is 7.80. The zero-order chi connectivity index (χ0) is 15.2. The van der Waals surface area contributed by atoms with Crippen LogP contribution < -0.4 is 10.6 Å². The van der Waals surface area contributed by atoms with Gasteiger partial charge in [0, 0.05) is 30.3 Å². The number of anilines is 1. The highest BCUT2D eigenvalue weighted by atomic mass is 32.2. The van der Waals surface area contributed by atoms with Crippen molar-refractivity contribution >= 4 is 23.3 Å². The van der Waals surface area contributed by atoms with Crippen LogP contribution in [-0.2, 0) is 4.74 Å². The Bertz CT molecular complexity index is 504. The maximum absolute atomic E-state index is 9.13. The Morgan fingerprint density at radius 2 is 2.29 bits per heavy atom. The Balaban J connectivity index is 2.42. The second-order valence-electron chi connectivity index (χ2n) is 4.99. The third-order valence-corrected chi connectivity index (χ3v) is 4.44. The molecule has 0 heterocycles. The van der Waals surface area contributed by atoms with Crippen molar-refractivity contribution in [3.05, 3.63) is 23.8 Å². The molecule has 0 unspecified atom stereocenters. The molecule has 0 aliphatic heterocycles. The summed E-state index contributed by atoms with van der Waals surface area (Å²) >= 11 is 1.70. The summed E-state index contributed by atoms with van der Waals surface area (Å²) in [5.74, 6) is 1.11. The lowest BCUT2D eigenvalue weighted by Gasteiger charge is -2.27. The number of amidine groups is 1. The van der Waals surface area contributed by atoms with Crippen molar-refractivity contribution in [1.29, 1.82) is 0 Å². The fourth-order valence-electron chi connectivity index (χ4n) is 2.42. The summed E-state index contributed by atoms with van der Waals surface area (Å²) in [6.07, 6.45) is 2.37. The summed E-state index contributed by atoms with van der Waals surface area (Å²) < 4.78 is 5.22. The van der Waals surface area contributed by atoms with Gasteiger partial charge in [0.1, 0.15) is 0 Å². The van der Waals surface area contributed by atoms with Crippen LogP contribution >= 0.6 is 11.8 Å². The second-order valence-corrected chi connectivity index (χ2v) is 6.29. The predicted molar refractivity (Wildman–Crippen MR) is 87.6 cm³/mol. The van der Waals surface area contributed by atoms with Crippen molar-refractivity contribution in [2.24, 2.45) is 10.9 Å². The Labute approximate surface area is 130 Å². The number of methoxy groups -OCH3 is 1. The minimum atomic E-state index is 0.171. The lowest BCUT2D eigenvalue weighted by Crippen LogP contribution is -2.32. The van der Waals surface area contributed by atoms with Crippen LogP contribution in [0.15, 0.2) is 28.3 Å². The van der Waals surface area contributed by atoms with Gasteiger partial charge in [-0.25, -0.2) is 0 Å². The van der Waals surface area contributed by atoms with Crippen LogP contribution in [0.25, 0.3) is 0 Å². The first-order valence-electron chi connectivity index (χ1n) is 7.22. The van der Waals surface area contributed by atoms with E-state index < -0.39 is 0 Å². The van der Waals surface area contributed by atoms with Gasteiger partial charge in [0.15, 0.2) is 5.84 Å². The molecule has 2 rings (SSSR count). The molecule has 0 bridgehead atoms. The molecule has 0 spiro atoms. The van der Waals surface area contributed by atoms with Crippen molar-refractivity contribution in [2.75, 3.05) is 30.9 Å². The molecular weight excluding hydrogens is 286 g/mol. The first-order chi connectivity index (χ1) is 10.2. The summed E-state index contributed by atoms with van der Waals surface area (Å²) in [6, 6.07) is 6.63. The molecule has 1 aromatic rings. The molecule has 1 aliphatic rings. The van der Waals surface area contributed by atoms with Gasteiger partial charge in [-0.3, -0.25) is 0 Å². The highest BCUT2D eigenvalue weighted by molar-refractivity contribution is 7.99. The van der Waals surface area contributed by atoms with E-state index in [0.29, 0.717) is 12.6 Å². The van der Waals surface area contributed by atoms with E-state index >= 15 is 0 Å². The van der Waals surface area contributed by atoms with Crippen LogP contribution in [0, 0.1) is 0 Å². The Morgan fingerprint density at radius 1 is 1.52 bits per heavy atom. The maximum atomic E-state index is 9.13. The molecule has 1 aliphatic carbocycles. The maximum Gasteiger partial charge on any atom is 0.173 e. The zero-order valence-electron chi connectivity index (χ0n) is 12.6. The van der Waals surface area contributed by atoms with E-state index in [0.717, 1.165) is 28.4 Å². The fourth-order valence-corrected chi connectivity index (χ4v) is 3.26. The lowest BCUT2D eigenvalue weighted by molar-refractivity contribution is 0.205. The average molecular weight is 309 g/mol. The summed E-state index contributed by atoms with van der Waals surface area (Å²) in [6.45, 7) is 3.57. The smallest absolute Gasteiger partial charge is 0.173 e. The van der Waals surface area contributed by atoms with E-state index in [9.17, 15) is 0 Å². The molecule has 0 atom stereocenters. The van der Waals surface area contributed by atoms with Crippen molar-refractivity contribution in [1.82, 2.24) is 0 Å². The van der Waals surface area contributed by atoms with Crippen molar-refractivity contribution < 1.29 is 9.94 Å². The van der Waals surface area contributed by atoms with Crippen LogP contribution in [0.5, 0.6) is 0 Å². The quantitative estimate of drug-likeness (QED) is 0.254. The minimum absolute atomic E-state index is 0.171. The number of oxime groups is 1. The molecule has 6 heteroatoms. The van der Waals surface area contributed by atoms with E-state index in [1.54, 1.807) is 18.9 Å². The zero-order valence-corrected chi connectivity index (χ0v) is 13.4. The van der Waals surface area contributed by atoms with Crippen LogP contribution in [0.1, 0.15) is 25.3 Å². The third kappa shape index (κ3) is 3.83. The lowest BCUT2D eigenvalue weighted by atomic mass is 10.1. The van der Waals surface area contributed by atoms with E-state index in [1.165, 1.54) is 12.8 Å². The first kappa shape index (κ1) is 16.0. The summed E-state index contributed by atoms with van der Waals surface area (Å²) in [4.78, 5) is 3.37. The number of hydrogen-bond donors (Lipinski definition) is 2. The van der Waals surface area contributed by atoms with Crippen molar-refractivity contribution in [3.63, 3.8) is 0 Å². The van der Waals surface area contributed by atoms with Crippen LogP contribution in [0.4, 0.5) is 5.69 Å². The normalized spacial score (nSPS) is 15.2. The highest BCUT2D eigenvalue weighted by Crippen LogP contribution is 2.37. The second kappa shape index (κ2) is 7.56. The van der Waals surface area contributed by atoms with Crippen LogP contribution in [-0.4, -0.2) is 43.1 Å². The van der Waals surface area contributed by atoms with Gasteiger partial charge >= 0.3 is 0 Å². The standard InChI is InChI=1S/C15H23N3O2S/c1-3-21-13-6-4-5-12(14(13)15(16)17-19)18(9-10-20-2)11-7-8-11/h4-6,11,19H,3,7-10H2,1-2H3,(H2,16,17). The summed E-state index contributed by atoms with van der Waals surface area (Å²) in [5, 5.41) is 12.4. The molecule has 5 nitrogen and oxygen atoms in total. The van der Waals surface area contributed by atoms with E-state index in [1.807, 2.05) is 18.2 Å². The molecule has 1 saturated carbocycles. The number of thioether (sulfide) groups is 1. The number of nitrogens with zero attached hydrogens (tertiary/aromatic N) is 2. The molecule has 1 aromatic carbocycles. The Kier molecular flexibility index (Phi) is 5.76. The van der Waals surface area contributed by atoms with Crippen molar-refractivity contribution in [2.45, 2.75) is 30.7 Å². The van der Waals surface area contributed by atoms with E-state index in [4.69, 9.17) is 15.7 Å². The highest BCUT2D eigenvalue weighted by Gasteiger charge is 2.31. The van der Waals surface area contributed by atoms with Gasteiger partial charge in [0.05, 0.1) is 12.2 Å². The molecule has 0 amide bonds. The van der Waals surface area contributed by atoms with Gasteiger partial charge in [-0.05, 0) is 30.7 Å². The minimum Gasteiger partial charge on any atom is -0.409 e. The Morgan fingerprint density at radius 3 is 2.86 bits per heavy atom. The largest absolute Gasteiger partial charge is 0.409 e. The number of benzene rings is 1. The average Bonchev–Trinajstić information content (AvgIpc) is 3.32. The molecule has 116 valence electrons. The van der Waals surface area contributed by atoms with Crippen LogP contribution in [0.3, 0.4) is 0 Å².